The number of nitrogens with one attached hydrogen (secondary N) is 2. The number of hydrogen-bond donors (Lipinski definition) is 2. The zero-order chi connectivity index (χ0) is 22.4. The number of anilines is 2. The summed E-state index contributed by atoms with van der Waals surface area (Å²) in [5.74, 6) is -0.329. The molecule has 170 valence electrons. The van der Waals surface area contributed by atoms with E-state index >= 15 is 0 Å². The van der Waals surface area contributed by atoms with E-state index in [0.717, 1.165) is 19.5 Å². The van der Waals surface area contributed by atoms with Crippen LogP contribution in [0, 0.1) is 0 Å². The molecule has 2 fully saturated rings. The van der Waals surface area contributed by atoms with Crippen LogP contribution >= 0.6 is 0 Å². The van der Waals surface area contributed by atoms with Gasteiger partial charge in [-0.1, -0.05) is 0 Å². The molecule has 9 nitrogen and oxygen atoms in total. The molecule has 3 amide bonds. The SMILES string of the molecule is CC(C)(C)OC(=O)N1CCC[C@H]1C(=O)Nc1ccc(NC(=O)CN2CCOCC2)cc1. The van der Waals surface area contributed by atoms with E-state index < -0.39 is 17.7 Å². The minimum atomic E-state index is -0.608. The summed E-state index contributed by atoms with van der Waals surface area (Å²) in [5.41, 5.74) is 0.655. The van der Waals surface area contributed by atoms with E-state index in [1.165, 1.54) is 4.90 Å². The number of hydrogen-bond acceptors (Lipinski definition) is 6. The fraction of sp³-hybridized carbons (Fsp3) is 0.591. The van der Waals surface area contributed by atoms with Crippen molar-refractivity contribution in [3.05, 3.63) is 24.3 Å². The molecule has 0 saturated carbocycles. The Balaban J connectivity index is 1.51. The van der Waals surface area contributed by atoms with Crippen molar-refractivity contribution < 1.29 is 23.9 Å². The molecule has 2 aliphatic heterocycles. The van der Waals surface area contributed by atoms with Gasteiger partial charge in [-0.25, -0.2) is 4.79 Å². The molecule has 0 unspecified atom stereocenters. The molecule has 2 N–H and O–H groups in total. The van der Waals surface area contributed by atoms with Crippen molar-refractivity contribution in [2.45, 2.75) is 45.3 Å². The average molecular weight is 433 g/mol. The maximum Gasteiger partial charge on any atom is 0.410 e. The van der Waals surface area contributed by atoms with Gasteiger partial charge in [0.25, 0.3) is 0 Å². The first-order valence-corrected chi connectivity index (χ1v) is 10.7. The first-order valence-electron chi connectivity index (χ1n) is 10.7. The lowest BCUT2D eigenvalue weighted by atomic mass is 10.2. The molecular formula is C22H32N4O5. The topological polar surface area (TPSA) is 100 Å². The molecule has 0 aromatic heterocycles. The van der Waals surface area contributed by atoms with E-state index in [2.05, 4.69) is 10.6 Å². The fourth-order valence-electron chi connectivity index (χ4n) is 3.60. The summed E-state index contributed by atoms with van der Waals surface area (Å²) >= 11 is 0. The lowest BCUT2D eigenvalue weighted by Gasteiger charge is -2.28. The Hall–Kier alpha value is -2.65. The molecule has 9 heteroatoms. The first-order chi connectivity index (χ1) is 14.7. The number of carbonyl (C=O) groups excluding carboxylic acids is 3. The number of amides is 3. The van der Waals surface area contributed by atoms with Crippen LogP contribution in [0.1, 0.15) is 33.6 Å². The smallest absolute Gasteiger partial charge is 0.410 e. The van der Waals surface area contributed by atoms with E-state index in [1.807, 2.05) is 4.90 Å². The molecule has 0 radical (unpaired) electrons. The van der Waals surface area contributed by atoms with Gasteiger partial charge in [0.2, 0.25) is 11.8 Å². The number of carbonyl (C=O) groups is 3. The molecule has 0 aliphatic carbocycles. The molecule has 0 spiro atoms. The summed E-state index contributed by atoms with van der Waals surface area (Å²) < 4.78 is 10.7. The lowest BCUT2D eigenvalue weighted by Crippen LogP contribution is -2.45. The summed E-state index contributed by atoms with van der Waals surface area (Å²) in [6, 6.07) is 6.40. The van der Waals surface area contributed by atoms with Crippen molar-refractivity contribution in [2.24, 2.45) is 0 Å². The van der Waals surface area contributed by atoms with Crippen molar-refractivity contribution in [2.75, 3.05) is 50.0 Å². The molecule has 0 bridgehead atoms. The van der Waals surface area contributed by atoms with Gasteiger partial charge in [0.05, 0.1) is 19.8 Å². The van der Waals surface area contributed by atoms with Gasteiger partial charge in [0.15, 0.2) is 0 Å². The fourth-order valence-corrected chi connectivity index (χ4v) is 3.60. The van der Waals surface area contributed by atoms with Gasteiger partial charge in [0.1, 0.15) is 11.6 Å². The van der Waals surface area contributed by atoms with Crippen LogP contribution in [0.25, 0.3) is 0 Å². The molecule has 3 rings (SSSR count). The minimum Gasteiger partial charge on any atom is -0.444 e. The Bertz CT molecular complexity index is 784. The molecule has 2 aliphatic rings. The quantitative estimate of drug-likeness (QED) is 0.741. The molecule has 1 aromatic rings. The Labute approximate surface area is 183 Å². The first kappa shape index (κ1) is 23.0. The van der Waals surface area contributed by atoms with Gasteiger partial charge in [-0.15, -0.1) is 0 Å². The van der Waals surface area contributed by atoms with Gasteiger partial charge >= 0.3 is 6.09 Å². The molecular weight excluding hydrogens is 400 g/mol. The Morgan fingerprint density at radius 1 is 1.03 bits per heavy atom. The van der Waals surface area contributed by atoms with Crippen LogP contribution < -0.4 is 10.6 Å². The maximum absolute atomic E-state index is 12.7. The molecule has 2 saturated heterocycles. The van der Waals surface area contributed by atoms with Crippen LogP contribution in [0.5, 0.6) is 0 Å². The average Bonchev–Trinajstić information content (AvgIpc) is 3.19. The van der Waals surface area contributed by atoms with Gasteiger partial charge in [-0.05, 0) is 57.9 Å². The molecule has 2 heterocycles. The second-order valence-electron chi connectivity index (χ2n) is 8.84. The van der Waals surface area contributed by atoms with Crippen LogP contribution in [-0.4, -0.2) is 78.7 Å². The van der Waals surface area contributed by atoms with Gasteiger partial charge < -0.3 is 20.1 Å². The third-order valence-corrected chi connectivity index (χ3v) is 5.09. The zero-order valence-electron chi connectivity index (χ0n) is 18.5. The maximum atomic E-state index is 12.7. The number of morpholine rings is 1. The van der Waals surface area contributed by atoms with Crippen LogP contribution in [-0.2, 0) is 19.1 Å². The van der Waals surface area contributed by atoms with E-state index in [0.29, 0.717) is 44.1 Å². The van der Waals surface area contributed by atoms with E-state index in [4.69, 9.17) is 9.47 Å². The van der Waals surface area contributed by atoms with Crippen LogP contribution in [0.2, 0.25) is 0 Å². The summed E-state index contributed by atoms with van der Waals surface area (Å²) in [6.45, 7) is 9.03. The van der Waals surface area contributed by atoms with Gasteiger partial charge in [-0.2, -0.15) is 0 Å². The minimum absolute atomic E-state index is 0.0855. The Morgan fingerprint density at radius 3 is 2.26 bits per heavy atom. The van der Waals surface area contributed by atoms with Crippen molar-refractivity contribution in [1.82, 2.24) is 9.80 Å². The van der Waals surface area contributed by atoms with E-state index in [-0.39, 0.29) is 11.8 Å². The van der Waals surface area contributed by atoms with Gasteiger partial charge in [-0.3, -0.25) is 19.4 Å². The second kappa shape index (κ2) is 10.1. The van der Waals surface area contributed by atoms with E-state index in [1.54, 1.807) is 45.0 Å². The summed E-state index contributed by atoms with van der Waals surface area (Å²) in [4.78, 5) is 40.9. The monoisotopic (exact) mass is 432 g/mol. The molecule has 31 heavy (non-hydrogen) atoms. The third-order valence-electron chi connectivity index (χ3n) is 5.09. The van der Waals surface area contributed by atoms with Crippen molar-refractivity contribution in [3.8, 4) is 0 Å². The third kappa shape index (κ3) is 6.93. The Kier molecular flexibility index (Phi) is 7.50. The highest BCUT2D eigenvalue weighted by atomic mass is 16.6. The standard InChI is InChI=1S/C22H32N4O5/c1-22(2,3)31-21(29)26-10-4-5-18(26)20(28)24-17-8-6-16(7-9-17)23-19(27)15-25-11-13-30-14-12-25/h6-9,18H,4-5,10-15H2,1-3H3,(H,23,27)(H,24,28)/t18-/m0/s1. The van der Waals surface area contributed by atoms with Crippen molar-refractivity contribution in [3.63, 3.8) is 0 Å². The lowest BCUT2D eigenvalue weighted by molar-refractivity contribution is -0.120. The number of benzene rings is 1. The highest BCUT2D eigenvalue weighted by molar-refractivity contribution is 5.97. The molecule has 1 aromatic carbocycles. The largest absolute Gasteiger partial charge is 0.444 e. The number of rotatable bonds is 5. The normalized spacial score (nSPS) is 19.7. The summed E-state index contributed by atoms with van der Waals surface area (Å²) in [5, 5.41) is 5.72. The number of nitrogens with zero attached hydrogens (tertiary/aromatic N) is 2. The van der Waals surface area contributed by atoms with Crippen LogP contribution in [0.15, 0.2) is 24.3 Å². The predicted octanol–water partition coefficient (Wildman–Crippen LogP) is 2.30. The molecule has 1 atom stereocenters. The van der Waals surface area contributed by atoms with Crippen LogP contribution in [0.3, 0.4) is 0 Å². The Morgan fingerprint density at radius 2 is 1.65 bits per heavy atom. The predicted molar refractivity (Wildman–Crippen MR) is 117 cm³/mol. The number of likely N-dealkylation sites (tertiary alicyclic amines) is 1. The zero-order valence-corrected chi connectivity index (χ0v) is 18.5. The van der Waals surface area contributed by atoms with E-state index in [9.17, 15) is 14.4 Å². The highest BCUT2D eigenvalue weighted by Gasteiger charge is 2.36. The second-order valence-corrected chi connectivity index (χ2v) is 8.84. The summed E-state index contributed by atoms with van der Waals surface area (Å²) in [7, 11) is 0. The number of ether oxygens (including phenoxy) is 2. The van der Waals surface area contributed by atoms with Crippen molar-refractivity contribution in [1.29, 1.82) is 0 Å². The van der Waals surface area contributed by atoms with Crippen LogP contribution in [0.4, 0.5) is 16.2 Å². The van der Waals surface area contributed by atoms with Crippen molar-refractivity contribution >= 4 is 29.3 Å². The van der Waals surface area contributed by atoms with Gasteiger partial charge in [0, 0.05) is 31.0 Å². The summed E-state index contributed by atoms with van der Waals surface area (Å²) in [6.07, 6.45) is 0.884. The highest BCUT2D eigenvalue weighted by Crippen LogP contribution is 2.23.